The summed E-state index contributed by atoms with van der Waals surface area (Å²) >= 11 is 0. The van der Waals surface area contributed by atoms with Gasteiger partial charge in [-0.3, -0.25) is 9.59 Å². The van der Waals surface area contributed by atoms with Crippen molar-refractivity contribution in [1.29, 1.82) is 0 Å². The molecule has 8 nitrogen and oxygen atoms in total. The van der Waals surface area contributed by atoms with Gasteiger partial charge in [0.2, 0.25) is 5.91 Å². The molecule has 3 aromatic heterocycles. The van der Waals surface area contributed by atoms with E-state index in [1.165, 1.54) is 11.0 Å². The van der Waals surface area contributed by atoms with Crippen molar-refractivity contribution in [1.82, 2.24) is 19.9 Å². The lowest BCUT2D eigenvalue weighted by Gasteiger charge is -2.35. The number of anilines is 1. The van der Waals surface area contributed by atoms with Crippen molar-refractivity contribution in [3.05, 3.63) is 59.7 Å². The molecule has 0 bridgehead atoms. The maximum Gasteiger partial charge on any atom is 0.275 e. The monoisotopic (exact) mass is 412 g/mol. The zero-order valence-corrected chi connectivity index (χ0v) is 15.8. The fraction of sp³-hybridized carbons (Fsp3) is 0.200. The molecule has 10 heteroatoms. The van der Waals surface area contributed by atoms with Crippen LogP contribution >= 0.6 is 0 Å². The highest BCUT2D eigenvalue weighted by atomic mass is 19.1. The summed E-state index contributed by atoms with van der Waals surface area (Å²) in [5.41, 5.74) is 7.09. The third kappa shape index (κ3) is 3.84. The molecule has 1 aliphatic heterocycles. The first-order valence-corrected chi connectivity index (χ1v) is 9.22. The molecule has 4 heterocycles. The average molecular weight is 412 g/mol. The number of carbonyl (C=O) groups is 2. The lowest BCUT2D eigenvalue weighted by Crippen LogP contribution is -2.49. The van der Waals surface area contributed by atoms with E-state index in [2.05, 4.69) is 19.9 Å². The summed E-state index contributed by atoms with van der Waals surface area (Å²) in [5, 5.41) is 0.834. The van der Waals surface area contributed by atoms with Crippen LogP contribution in [-0.2, 0) is 4.79 Å². The van der Waals surface area contributed by atoms with E-state index in [1.54, 1.807) is 18.5 Å². The molecule has 3 N–H and O–H groups in total. The Bertz CT molecular complexity index is 1150. The molecular formula is C20H18F2N6O2. The van der Waals surface area contributed by atoms with Crippen LogP contribution < -0.4 is 10.6 Å². The van der Waals surface area contributed by atoms with E-state index >= 15 is 0 Å². The Balaban J connectivity index is 1.48. The van der Waals surface area contributed by atoms with E-state index in [9.17, 15) is 18.4 Å². The summed E-state index contributed by atoms with van der Waals surface area (Å²) in [6.45, 7) is 1.74. The van der Waals surface area contributed by atoms with Crippen LogP contribution in [0, 0.1) is 11.6 Å². The van der Waals surface area contributed by atoms with Crippen molar-refractivity contribution in [3.8, 4) is 0 Å². The minimum Gasteiger partial charge on any atom is -0.367 e. The van der Waals surface area contributed by atoms with Crippen LogP contribution in [0.2, 0.25) is 0 Å². The number of halogens is 2. The quantitative estimate of drug-likeness (QED) is 0.634. The van der Waals surface area contributed by atoms with Gasteiger partial charge in [0, 0.05) is 55.5 Å². The highest BCUT2D eigenvalue weighted by molar-refractivity contribution is 5.95. The lowest BCUT2D eigenvalue weighted by atomic mass is 10.1. The molecule has 1 fully saturated rings. The number of carbonyl (C=O) groups excluding carboxylic acids is 2. The summed E-state index contributed by atoms with van der Waals surface area (Å²) in [7, 11) is 0. The molecule has 1 saturated heterocycles. The normalized spacial score (nSPS) is 14.6. The predicted molar refractivity (Wildman–Crippen MR) is 107 cm³/mol. The zero-order chi connectivity index (χ0) is 21.3. The van der Waals surface area contributed by atoms with Gasteiger partial charge in [0.15, 0.2) is 11.5 Å². The highest BCUT2D eigenvalue weighted by Gasteiger charge is 2.26. The van der Waals surface area contributed by atoms with Gasteiger partial charge in [0.1, 0.15) is 11.5 Å². The van der Waals surface area contributed by atoms with E-state index in [1.807, 2.05) is 6.07 Å². The van der Waals surface area contributed by atoms with Gasteiger partial charge in [-0.2, -0.15) is 0 Å². The van der Waals surface area contributed by atoms with Gasteiger partial charge in [-0.05, 0) is 12.1 Å². The molecule has 0 atom stereocenters. The lowest BCUT2D eigenvalue weighted by molar-refractivity contribution is -0.113. The van der Waals surface area contributed by atoms with Crippen LogP contribution in [0.15, 0.2) is 36.8 Å². The Labute approximate surface area is 170 Å². The number of aromatic nitrogens is 3. The van der Waals surface area contributed by atoms with Crippen LogP contribution in [-0.4, -0.2) is 57.8 Å². The molecule has 0 spiro atoms. The summed E-state index contributed by atoms with van der Waals surface area (Å²) in [5.74, 6) is -2.90. The van der Waals surface area contributed by atoms with E-state index in [0.717, 1.165) is 22.8 Å². The number of H-pyrrole nitrogens is 1. The highest BCUT2D eigenvalue weighted by Crippen LogP contribution is 2.25. The first-order valence-electron chi connectivity index (χ1n) is 9.22. The third-order valence-electron chi connectivity index (χ3n) is 4.92. The number of amides is 2. The Morgan fingerprint density at radius 3 is 2.57 bits per heavy atom. The van der Waals surface area contributed by atoms with Gasteiger partial charge in [0.25, 0.3) is 5.91 Å². The second kappa shape index (κ2) is 7.90. The van der Waals surface area contributed by atoms with Crippen molar-refractivity contribution in [3.63, 3.8) is 0 Å². The van der Waals surface area contributed by atoms with E-state index < -0.39 is 23.4 Å². The molecule has 0 radical (unpaired) electrons. The zero-order valence-electron chi connectivity index (χ0n) is 15.8. The summed E-state index contributed by atoms with van der Waals surface area (Å²) in [6.07, 6.45) is 7.19. The Kier molecular flexibility index (Phi) is 5.13. The minimum absolute atomic E-state index is 0.358. The molecule has 0 unspecified atom stereocenters. The Hall–Kier alpha value is -3.82. The third-order valence-corrected chi connectivity index (χ3v) is 4.92. The van der Waals surface area contributed by atoms with Crippen LogP contribution in [0.4, 0.5) is 14.5 Å². The number of piperazine rings is 1. The molecule has 3 aromatic rings. The van der Waals surface area contributed by atoms with Crippen molar-refractivity contribution in [2.75, 3.05) is 31.1 Å². The average Bonchev–Trinajstić information content (AvgIpc) is 3.14. The Morgan fingerprint density at radius 2 is 1.87 bits per heavy atom. The fourth-order valence-corrected chi connectivity index (χ4v) is 3.38. The maximum absolute atomic E-state index is 13.9. The standard InChI is InChI=1S/C20H18F2N6O2/c21-13-7-16(22)18(24-10-13)20(30)28-5-3-27(4-6-28)14-8-15-12(1-2-17(23)29)9-25-19(15)26-11-14/h1-2,7-11H,3-6H2,(H2,23,29)(H,25,26). The molecule has 0 saturated carbocycles. The van der Waals surface area contributed by atoms with E-state index in [4.69, 9.17) is 5.73 Å². The van der Waals surface area contributed by atoms with Gasteiger partial charge < -0.3 is 20.5 Å². The molecule has 0 aliphatic carbocycles. The van der Waals surface area contributed by atoms with Gasteiger partial charge in [0.05, 0.1) is 18.1 Å². The first-order chi connectivity index (χ1) is 14.4. The molecule has 4 rings (SSSR count). The largest absolute Gasteiger partial charge is 0.367 e. The topological polar surface area (TPSA) is 108 Å². The number of nitrogens with zero attached hydrogens (tertiary/aromatic N) is 4. The number of hydrogen-bond acceptors (Lipinski definition) is 5. The predicted octanol–water partition coefficient (Wildman–Crippen LogP) is 1.70. The van der Waals surface area contributed by atoms with Crippen molar-refractivity contribution < 1.29 is 18.4 Å². The number of primary amides is 1. The summed E-state index contributed by atoms with van der Waals surface area (Å²) in [4.78, 5) is 38.1. The number of fused-ring (bicyclic) bond motifs is 1. The number of nitrogens with two attached hydrogens (primary N) is 1. The fourth-order valence-electron chi connectivity index (χ4n) is 3.38. The molecule has 154 valence electrons. The van der Waals surface area contributed by atoms with Gasteiger partial charge in [-0.1, -0.05) is 0 Å². The smallest absolute Gasteiger partial charge is 0.275 e. The van der Waals surface area contributed by atoms with Crippen molar-refractivity contribution >= 4 is 34.6 Å². The van der Waals surface area contributed by atoms with E-state index in [-0.39, 0.29) is 5.69 Å². The van der Waals surface area contributed by atoms with Crippen LogP contribution in [0.3, 0.4) is 0 Å². The number of aromatic amines is 1. The first kappa shape index (κ1) is 19.5. The van der Waals surface area contributed by atoms with Crippen LogP contribution in [0.25, 0.3) is 17.1 Å². The minimum atomic E-state index is -0.971. The molecule has 30 heavy (non-hydrogen) atoms. The van der Waals surface area contributed by atoms with Gasteiger partial charge in [-0.25, -0.2) is 18.7 Å². The second-order valence-electron chi connectivity index (χ2n) is 6.83. The van der Waals surface area contributed by atoms with Crippen LogP contribution in [0.1, 0.15) is 16.1 Å². The second-order valence-corrected chi connectivity index (χ2v) is 6.83. The van der Waals surface area contributed by atoms with Crippen molar-refractivity contribution in [2.45, 2.75) is 0 Å². The number of pyridine rings is 2. The number of hydrogen-bond donors (Lipinski definition) is 2. The summed E-state index contributed by atoms with van der Waals surface area (Å²) < 4.78 is 26.9. The van der Waals surface area contributed by atoms with Gasteiger partial charge in [-0.15, -0.1) is 0 Å². The van der Waals surface area contributed by atoms with Crippen molar-refractivity contribution in [2.24, 2.45) is 5.73 Å². The molecule has 2 amide bonds. The summed E-state index contributed by atoms with van der Waals surface area (Å²) in [6, 6.07) is 2.59. The van der Waals surface area contributed by atoms with Gasteiger partial charge >= 0.3 is 0 Å². The number of nitrogens with one attached hydrogen (secondary N) is 1. The Morgan fingerprint density at radius 1 is 1.10 bits per heavy atom. The number of rotatable bonds is 4. The molecule has 1 aliphatic rings. The SMILES string of the molecule is NC(=O)C=Cc1c[nH]c2ncc(N3CCN(C(=O)c4ncc(F)cc4F)CC3)cc12. The maximum atomic E-state index is 13.9. The molecule has 0 aromatic carbocycles. The van der Waals surface area contributed by atoms with E-state index in [0.29, 0.717) is 37.9 Å². The van der Waals surface area contributed by atoms with Crippen LogP contribution in [0.5, 0.6) is 0 Å². The molecular weight excluding hydrogens is 394 g/mol.